The van der Waals surface area contributed by atoms with Crippen molar-refractivity contribution < 1.29 is 19.1 Å². The Morgan fingerprint density at radius 1 is 1.24 bits per heavy atom. The maximum absolute atomic E-state index is 13.1. The summed E-state index contributed by atoms with van der Waals surface area (Å²) in [5, 5.41) is 2.79. The van der Waals surface area contributed by atoms with Crippen LogP contribution < -0.4 is 5.32 Å². The number of amides is 2. The van der Waals surface area contributed by atoms with E-state index >= 15 is 0 Å². The van der Waals surface area contributed by atoms with Gasteiger partial charge in [-0.15, -0.1) is 0 Å². The molecule has 6 nitrogen and oxygen atoms in total. The van der Waals surface area contributed by atoms with Crippen molar-refractivity contribution in [2.45, 2.75) is 91.5 Å². The van der Waals surface area contributed by atoms with Crippen LogP contribution in [0.5, 0.6) is 0 Å². The number of hydrogen-bond donors (Lipinski definition) is 1. The Bertz CT molecular complexity index is 445. The summed E-state index contributed by atoms with van der Waals surface area (Å²) in [5.74, 6) is 0.261. The van der Waals surface area contributed by atoms with Crippen LogP contribution in [-0.4, -0.2) is 53.8 Å². The molecule has 25 heavy (non-hydrogen) atoms. The third-order valence-corrected chi connectivity index (χ3v) is 4.23. The molecule has 0 aromatic rings. The number of nitrogens with one attached hydrogen (secondary N) is 1. The van der Waals surface area contributed by atoms with Gasteiger partial charge in [-0.1, -0.05) is 13.8 Å². The first kappa shape index (κ1) is 21.7. The van der Waals surface area contributed by atoms with Crippen LogP contribution in [0.15, 0.2) is 0 Å². The molecule has 0 spiro atoms. The summed E-state index contributed by atoms with van der Waals surface area (Å²) in [5.41, 5.74) is -0.587. The van der Waals surface area contributed by atoms with Gasteiger partial charge in [0.1, 0.15) is 11.6 Å². The van der Waals surface area contributed by atoms with Crippen molar-refractivity contribution in [3.05, 3.63) is 0 Å². The first-order chi connectivity index (χ1) is 11.5. The third kappa shape index (κ3) is 8.08. The molecule has 0 bridgehead atoms. The molecular formula is C19H36N2O4. The molecule has 0 radical (unpaired) electrons. The molecule has 3 atom stereocenters. The predicted molar refractivity (Wildman–Crippen MR) is 98.4 cm³/mol. The summed E-state index contributed by atoms with van der Waals surface area (Å²) >= 11 is 0. The number of carbonyl (C=O) groups excluding carboxylic acids is 2. The lowest BCUT2D eigenvalue weighted by atomic mass is 10.0. The molecule has 1 unspecified atom stereocenters. The normalized spacial score (nSPS) is 23.6. The number of hydrogen-bond acceptors (Lipinski definition) is 4. The van der Waals surface area contributed by atoms with E-state index < -0.39 is 17.7 Å². The summed E-state index contributed by atoms with van der Waals surface area (Å²) < 4.78 is 11.0. The molecule has 1 fully saturated rings. The Hall–Kier alpha value is -1.30. The minimum atomic E-state index is -0.587. The smallest absolute Gasteiger partial charge is 0.408 e. The lowest BCUT2D eigenvalue weighted by Gasteiger charge is -2.36. The quantitative estimate of drug-likeness (QED) is 0.839. The predicted octanol–water partition coefficient (Wildman–Crippen LogP) is 3.34. The van der Waals surface area contributed by atoms with Crippen molar-refractivity contribution in [3.63, 3.8) is 0 Å². The number of ether oxygens (including phenoxy) is 2. The average molecular weight is 357 g/mol. The molecule has 1 heterocycles. The van der Waals surface area contributed by atoms with Crippen molar-refractivity contribution in [2.75, 3.05) is 13.2 Å². The van der Waals surface area contributed by atoms with E-state index in [1.807, 2.05) is 53.4 Å². The fraction of sp³-hybridized carbons (Fsp3) is 0.895. The second-order valence-electron chi connectivity index (χ2n) is 8.47. The monoisotopic (exact) mass is 356 g/mol. The highest BCUT2D eigenvalue weighted by atomic mass is 16.6. The van der Waals surface area contributed by atoms with Crippen molar-refractivity contribution in [1.82, 2.24) is 10.2 Å². The Kier molecular flexibility index (Phi) is 8.19. The van der Waals surface area contributed by atoms with Gasteiger partial charge in [0, 0.05) is 19.2 Å². The minimum Gasteiger partial charge on any atom is -0.444 e. The van der Waals surface area contributed by atoms with E-state index in [1.165, 1.54) is 0 Å². The van der Waals surface area contributed by atoms with Gasteiger partial charge in [-0.05, 0) is 59.8 Å². The van der Waals surface area contributed by atoms with Gasteiger partial charge in [0.05, 0.1) is 6.10 Å². The Morgan fingerprint density at radius 2 is 1.88 bits per heavy atom. The van der Waals surface area contributed by atoms with Crippen LogP contribution in [0.4, 0.5) is 4.79 Å². The topological polar surface area (TPSA) is 67.9 Å². The summed E-state index contributed by atoms with van der Waals surface area (Å²) in [7, 11) is 0. The highest BCUT2D eigenvalue weighted by Gasteiger charge is 2.31. The SMILES string of the molecule is CC(C)C[C@H](NC(=O)OC(C)(C)C)C(=O)N1CC[C@H](C)OCCC1C. The zero-order valence-electron chi connectivity index (χ0n) is 16.9. The van der Waals surface area contributed by atoms with Gasteiger partial charge in [-0.25, -0.2) is 4.79 Å². The molecule has 6 heteroatoms. The summed E-state index contributed by atoms with van der Waals surface area (Å²) in [6.07, 6.45) is 1.80. The second kappa shape index (κ2) is 9.41. The molecule has 1 rings (SSSR count). The standard InChI is InChI=1S/C19H36N2O4/c1-13(2)12-16(20-18(23)25-19(5,6)7)17(22)21-10-8-15(4)24-11-9-14(21)3/h13-16H,8-12H2,1-7H3,(H,20,23)/t14?,15-,16-/m0/s1. The highest BCUT2D eigenvalue weighted by Crippen LogP contribution is 2.17. The van der Waals surface area contributed by atoms with Crippen LogP contribution in [0.1, 0.15) is 67.7 Å². The first-order valence-corrected chi connectivity index (χ1v) is 9.41. The van der Waals surface area contributed by atoms with E-state index in [2.05, 4.69) is 5.32 Å². The van der Waals surface area contributed by atoms with Crippen LogP contribution in [0.2, 0.25) is 0 Å². The van der Waals surface area contributed by atoms with E-state index in [-0.39, 0.29) is 24.0 Å². The van der Waals surface area contributed by atoms with Gasteiger partial charge in [-0.2, -0.15) is 0 Å². The number of carbonyl (C=O) groups is 2. The molecule has 0 saturated carbocycles. The van der Waals surface area contributed by atoms with Crippen molar-refractivity contribution in [2.24, 2.45) is 5.92 Å². The number of nitrogens with zero attached hydrogens (tertiary/aromatic N) is 1. The van der Waals surface area contributed by atoms with Crippen LogP contribution in [0, 0.1) is 5.92 Å². The lowest BCUT2D eigenvalue weighted by molar-refractivity contribution is -0.138. The highest BCUT2D eigenvalue weighted by molar-refractivity contribution is 5.86. The van der Waals surface area contributed by atoms with Gasteiger partial charge >= 0.3 is 6.09 Å². The molecular weight excluding hydrogens is 320 g/mol. The summed E-state index contributed by atoms with van der Waals surface area (Å²) in [6.45, 7) is 14.9. The maximum atomic E-state index is 13.1. The van der Waals surface area contributed by atoms with Crippen molar-refractivity contribution >= 4 is 12.0 Å². The molecule has 2 amide bonds. The Labute approximate surface area is 152 Å². The molecule has 1 N–H and O–H groups in total. The largest absolute Gasteiger partial charge is 0.444 e. The molecule has 1 saturated heterocycles. The summed E-state index contributed by atoms with van der Waals surface area (Å²) in [4.78, 5) is 27.2. The van der Waals surface area contributed by atoms with Crippen LogP contribution in [0.25, 0.3) is 0 Å². The fourth-order valence-electron chi connectivity index (χ4n) is 2.89. The molecule has 1 aliphatic heterocycles. The van der Waals surface area contributed by atoms with Crippen molar-refractivity contribution in [1.29, 1.82) is 0 Å². The average Bonchev–Trinajstić information content (AvgIpc) is 2.42. The van der Waals surface area contributed by atoms with E-state index in [0.717, 1.165) is 12.8 Å². The van der Waals surface area contributed by atoms with Gasteiger partial charge in [0.25, 0.3) is 0 Å². The van der Waals surface area contributed by atoms with Gasteiger partial charge in [0.15, 0.2) is 0 Å². The van der Waals surface area contributed by atoms with E-state index in [9.17, 15) is 9.59 Å². The number of alkyl carbamates (subject to hydrolysis) is 1. The Balaban J connectivity index is 2.84. The lowest BCUT2D eigenvalue weighted by Crippen LogP contribution is -2.53. The molecule has 0 aromatic heterocycles. The minimum absolute atomic E-state index is 0.0267. The zero-order valence-corrected chi connectivity index (χ0v) is 16.9. The molecule has 0 aromatic carbocycles. The van der Waals surface area contributed by atoms with E-state index in [4.69, 9.17) is 9.47 Å². The molecule has 146 valence electrons. The van der Waals surface area contributed by atoms with E-state index in [0.29, 0.717) is 19.6 Å². The van der Waals surface area contributed by atoms with Crippen LogP contribution in [0.3, 0.4) is 0 Å². The number of rotatable bonds is 4. The molecule has 1 aliphatic rings. The maximum Gasteiger partial charge on any atom is 0.408 e. The van der Waals surface area contributed by atoms with Crippen molar-refractivity contribution in [3.8, 4) is 0 Å². The third-order valence-electron chi connectivity index (χ3n) is 4.23. The van der Waals surface area contributed by atoms with E-state index in [1.54, 1.807) is 0 Å². The van der Waals surface area contributed by atoms with Gasteiger partial charge in [-0.3, -0.25) is 4.79 Å². The van der Waals surface area contributed by atoms with Crippen LogP contribution in [-0.2, 0) is 14.3 Å². The Morgan fingerprint density at radius 3 is 2.44 bits per heavy atom. The van der Waals surface area contributed by atoms with Gasteiger partial charge in [0.2, 0.25) is 5.91 Å². The second-order valence-corrected chi connectivity index (χ2v) is 8.47. The molecule has 0 aliphatic carbocycles. The van der Waals surface area contributed by atoms with Gasteiger partial charge < -0.3 is 19.7 Å². The fourth-order valence-corrected chi connectivity index (χ4v) is 2.89. The first-order valence-electron chi connectivity index (χ1n) is 9.41. The summed E-state index contributed by atoms with van der Waals surface area (Å²) in [6, 6.07) is -0.469. The van der Waals surface area contributed by atoms with Crippen LogP contribution >= 0.6 is 0 Å². The zero-order chi connectivity index (χ0) is 19.2.